The van der Waals surface area contributed by atoms with Crippen molar-refractivity contribution >= 4 is 44.6 Å². The van der Waals surface area contributed by atoms with Crippen LogP contribution in [-0.4, -0.2) is 29.8 Å². The van der Waals surface area contributed by atoms with Crippen LogP contribution in [0.4, 0.5) is 5.69 Å². The molecule has 2 aromatic rings. The Balaban J connectivity index is 1.62. The van der Waals surface area contributed by atoms with Gasteiger partial charge in [-0.3, -0.25) is 19.4 Å². The van der Waals surface area contributed by atoms with Crippen LogP contribution in [-0.2, 0) is 4.79 Å². The van der Waals surface area contributed by atoms with Crippen molar-refractivity contribution in [3.8, 4) is 0 Å². The summed E-state index contributed by atoms with van der Waals surface area (Å²) >= 11 is 5.12. The molecule has 1 fully saturated rings. The quantitative estimate of drug-likeness (QED) is 0.747. The number of carbonyl (C=O) groups is 2. The Morgan fingerprint density at radius 1 is 1.26 bits per heavy atom. The predicted molar refractivity (Wildman–Crippen MR) is 93.8 cm³/mol. The van der Waals surface area contributed by atoms with Crippen molar-refractivity contribution < 1.29 is 9.59 Å². The fourth-order valence-corrected chi connectivity index (χ4v) is 4.65. The molecule has 0 unspecified atom stereocenters. The van der Waals surface area contributed by atoms with Gasteiger partial charge in [-0.1, -0.05) is 22.0 Å². The van der Waals surface area contributed by atoms with Gasteiger partial charge in [-0.05, 0) is 42.5 Å². The van der Waals surface area contributed by atoms with E-state index in [0.29, 0.717) is 18.3 Å². The maximum atomic E-state index is 12.4. The highest BCUT2D eigenvalue weighted by molar-refractivity contribution is 9.10. The lowest BCUT2D eigenvalue weighted by Crippen LogP contribution is -2.40. The molecule has 0 aliphatic carbocycles. The van der Waals surface area contributed by atoms with Gasteiger partial charge in [-0.25, -0.2) is 0 Å². The van der Waals surface area contributed by atoms with Crippen LogP contribution in [0.2, 0.25) is 0 Å². The minimum absolute atomic E-state index is 0.345. The van der Waals surface area contributed by atoms with Crippen LogP contribution in [0, 0.1) is 0 Å². The molecule has 0 bridgehead atoms. The normalized spacial score (nSPS) is 21.3. The second-order valence-corrected chi connectivity index (χ2v) is 7.75. The first-order valence-corrected chi connectivity index (χ1v) is 9.25. The molecule has 4 nitrogen and oxygen atoms in total. The molecule has 1 saturated heterocycles. The van der Waals surface area contributed by atoms with Crippen molar-refractivity contribution in [3.05, 3.63) is 50.6 Å². The fourth-order valence-electron chi connectivity index (χ4n) is 3.39. The van der Waals surface area contributed by atoms with E-state index in [-0.39, 0.29) is 0 Å². The topological polar surface area (TPSA) is 40.6 Å². The number of halogens is 1. The maximum Gasteiger partial charge on any atom is 0.300 e. The summed E-state index contributed by atoms with van der Waals surface area (Å²) in [6.07, 6.45) is 2.22. The van der Waals surface area contributed by atoms with E-state index in [1.807, 2.05) is 12.1 Å². The minimum Gasteiger partial charge on any atom is -0.291 e. The zero-order valence-electron chi connectivity index (χ0n) is 12.4. The van der Waals surface area contributed by atoms with Crippen LogP contribution >= 0.6 is 27.3 Å². The van der Waals surface area contributed by atoms with Crippen molar-refractivity contribution in [2.24, 2.45) is 0 Å². The molecule has 118 valence electrons. The Morgan fingerprint density at radius 3 is 2.91 bits per heavy atom. The predicted octanol–water partition coefficient (Wildman–Crippen LogP) is 3.83. The SMILES string of the molecule is O=C1C(=O)N(CN2CCC[C@@H]2c2cccs2)c2ccc(Br)cc21. The molecule has 0 N–H and O–H groups in total. The summed E-state index contributed by atoms with van der Waals surface area (Å²) in [5.74, 6) is -0.830. The number of hydrogen-bond acceptors (Lipinski definition) is 4. The molecule has 0 spiro atoms. The summed E-state index contributed by atoms with van der Waals surface area (Å²) in [7, 11) is 0. The Bertz CT molecular complexity index is 775. The van der Waals surface area contributed by atoms with E-state index in [4.69, 9.17) is 0 Å². The number of nitrogens with zero attached hydrogens (tertiary/aromatic N) is 2. The second kappa shape index (κ2) is 5.85. The van der Waals surface area contributed by atoms with Gasteiger partial charge < -0.3 is 0 Å². The number of Topliss-reactive ketones (excluding diaryl/α,β-unsaturated/α-hetero) is 1. The Kier molecular flexibility index (Phi) is 3.83. The van der Waals surface area contributed by atoms with Crippen LogP contribution < -0.4 is 4.90 Å². The number of likely N-dealkylation sites (tertiary alicyclic amines) is 1. The molecule has 2 aliphatic rings. The van der Waals surface area contributed by atoms with E-state index >= 15 is 0 Å². The average molecular weight is 391 g/mol. The standard InChI is InChI=1S/C17H15BrN2O2S/c18-11-5-6-13-12(9-11)16(21)17(22)20(13)10-19-7-1-3-14(19)15-4-2-8-23-15/h2,4-6,8-9,14H,1,3,7,10H2/t14-/m1/s1. The van der Waals surface area contributed by atoms with Crippen LogP contribution in [0.1, 0.15) is 34.1 Å². The summed E-state index contributed by atoms with van der Waals surface area (Å²) in [6.45, 7) is 1.42. The first kappa shape index (κ1) is 15.1. The summed E-state index contributed by atoms with van der Waals surface area (Å²) in [6, 6.07) is 10.0. The van der Waals surface area contributed by atoms with Gasteiger partial charge in [0.25, 0.3) is 5.78 Å². The third kappa shape index (κ3) is 2.55. The third-order valence-electron chi connectivity index (χ3n) is 4.49. The minimum atomic E-state index is -0.421. The van der Waals surface area contributed by atoms with E-state index in [2.05, 4.69) is 38.3 Å². The Labute approximate surface area is 146 Å². The molecule has 1 aromatic heterocycles. The second-order valence-electron chi connectivity index (χ2n) is 5.85. The summed E-state index contributed by atoms with van der Waals surface area (Å²) in [5, 5.41) is 2.09. The molecule has 1 atom stereocenters. The van der Waals surface area contributed by atoms with Crippen LogP contribution in [0.25, 0.3) is 0 Å². The highest BCUT2D eigenvalue weighted by atomic mass is 79.9. The van der Waals surface area contributed by atoms with Gasteiger partial charge in [-0.15, -0.1) is 11.3 Å². The molecular formula is C17H15BrN2O2S. The summed E-state index contributed by atoms with van der Waals surface area (Å²) in [5.41, 5.74) is 1.22. The number of benzene rings is 1. The van der Waals surface area contributed by atoms with Crippen LogP contribution in [0.5, 0.6) is 0 Å². The van der Waals surface area contributed by atoms with Crippen molar-refractivity contribution in [1.29, 1.82) is 0 Å². The lowest BCUT2D eigenvalue weighted by molar-refractivity contribution is -0.114. The van der Waals surface area contributed by atoms with Crippen molar-refractivity contribution in [1.82, 2.24) is 4.90 Å². The molecule has 0 radical (unpaired) electrons. The van der Waals surface area contributed by atoms with Gasteiger partial charge in [0.05, 0.1) is 17.9 Å². The van der Waals surface area contributed by atoms with Crippen molar-refractivity contribution in [3.63, 3.8) is 0 Å². The fraction of sp³-hybridized carbons (Fsp3) is 0.294. The van der Waals surface area contributed by atoms with Crippen molar-refractivity contribution in [2.45, 2.75) is 18.9 Å². The van der Waals surface area contributed by atoms with Gasteiger partial charge in [0.15, 0.2) is 0 Å². The summed E-state index contributed by atoms with van der Waals surface area (Å²) in [4.78, 5) is 29.9. The first-order chi connectivity index (χ1) is 11.1. The Morgan fingerprint density at radius 2 is 2.13 bits per heavy atom. The van der Waals surface area contributed by atoms with E-state index in [1.165, 1.54) is 4.88 Å². The van der Waals surface area contributed by atoms with Gasteiger partial charge in [0, 0.05) is 21.9 Å². The van der Waals surface area contributed by atoms with E-state index < -0.39 is 11.7 Å². The molecule has 1 amide bonds. The first-order valence-electron chi connectivity index (χ1n) is 7.58. The highest BCUT2D eigenvalue weighted by Crippen LogP contribution is 2.37. The number of ketones is 1. The highest BCUT2D eigenvalue weighted by Gasteiger charge is 2.38. The number of fused-ring (bicyclic) bond motifs is 1. The van der Waals surface area contributed by atoms with Gasteiger partial charge in [0.2, 0.25) is 0 Å². The van der Waals surface area contributed by atoms with E-state index in [0.717, 1.165) is 29.5 Å². The van der Waals surface area contributed by atoms with Gasteiger partial charge in [-0.2, -0.15) is 0 Å². The molecule has 3 heterocycles. The van der Waals surface area contributed by atoms with E-state index in [1.54, 1.807) is 22.3 Å². The molecule has 0 saturated carbocycles. The number of carbonyl (C=O) groups excluding carboxylic acids is 2. The lowest BCUT2D eigenvalue weighted by Gasteiger charge is -2.28. The molecule has 1 aromatic carbocycles. The average Bonchev–Trinajstić information content (AvgIpc) is 3.25. The molecule has 23 heavy (non-hydrogen) atoms. The van der Waals surface area contributed by atoms with Crippen LogP contribution in [0.3, 0.4) is 0 Å². The lowest BCUT2D eigenvalue weighted by atomic mass is 10.1. The third-order valence-corrected chi connectivity index (χ3v) is 5.96. The number of amides is 1. The molecule has 2 aliphatic heterocycles. The number of rotatable bonds is 3. The zero-order valence-corrected chi connectivity index (χ0v) is 14.8. The number of anilines is 1. The maximum absolute atomic E-state index is 12.4. The van der Waals surface area contributed by atoms with Crippen molar-refractivity contribution in [2.75, 3.05) is 18.1 Å². The van der Waals surface area contributed by atoms with E-state index in [9.17, 15) is 9.59 Å². The molecule has 4 rings (SSSR count). The smallest absolute Gasteiger partial charge is 0.291 e. The zero-order chi connectivity index (χ0) is 16.0. The van der Waals surface area contributed by atoms with Gasteiger partial charge in [0.1, 0.15) is 0 Å². The Hall–Kier alpha value is -1.50. The number of hydrogen-bond donors (Lipinski definition) is 0. The van der Waals surface area contributed by atoms with Gasteiger partial charge >= 0.3 is 5.91 Å². The largest absolute Gasteiger partial charge is 0.300 e. The molecule has 6 heteroatoms. The number of thiophene rings is 1. The summed E-state index contributed by atoms with van der Waals surface area (Å²) < 4.78 is 0.817. The monoisotopic (exact) mass is 390 g/mol. The molecular weight excluding hydrogens is 376 g/mol. The van der Waals surface area contributed by atoms with Crippen LogP contribution in [0.15, 0.2) is 40.2 Å².